The zero-order valence-electron chi connectivity index (χ0n) is 14.1. The number of carbonyl (C=O) groups is 1. The molecule has 1 aliphatic heterocycles. The number of hydrogen-bond donors (Lipinski definition) is 1. The monoisotopic (exact) mass is 336 g/mol. The van der Waals surface area contributed by atoms with E-state index in [9.17, 15) is 4.79 Å². The van der Waals surface area contributed by atoms with Gasteiger partial charge in [-0.15, -0.1) is 5.10 Å². The van der Waals surface area contributed by atoms with Gasteiger partial charge < -0.3 is 5.32 Å². The average Bonchev–Trinajstić information content (AvgIpc) is 3.08. The second-order valence-corrected chi connectivity index (χ2v) is 6.54. The molecule has 0 saturated carbocycles. The van der Waals surface area contributed by atoms with Gasteiger partial charge in [0.25, 0.3) is 0 Å². The van der Waals surface area contributed by atoms with Crippen molar-refractivity contribution < 1.29 is 4.79 Å². The van der Waals surface area contributed by atoms with Crippen LogP contribution in [-0.2, 0) is 18.3 Å². The number of fused-ring (bicyclic) bond motifs is 1. The van der Waals surface area contributed by atoms with E-state index in [2.05, 4.69) is 25.6 Å². The molecule has 3 aromatic heterocycles. The molecule has 0 bridgehead atoms. The molecule has 25 heavy (non-hydrogen) atoms. The number of aromatic nitrogens is 5. The Morgan fingerprint density at radius 2 is 2.08 bits per heavy atom. The third-order valence-electron chi connectivity index (χ3n) is 4.67. The van der Waals surface area contributed by atoms with Crippen molar-refractivity contribution in [2.45, 2.75) is 19.3 Å². The number of ketones is 1. The number of aryl methyl sites for hydroxylation is 1. The first-order valence-electron chi connectivity index (χ1n) is 8.54. The van der Waals surface area contributed by atoms with Gasteiger partial charge in [0, 0.05) is 42.2 Å². The number of rotatable bonds is 4. The summed E-state index contributed by atoms with van der Waals surface area (Å²) in [6.07, 6.45) is 7.59. The van der Waals surface area contributed by atoms with E-state index in [4.69, 9.17) is 0 Å². The number of pyridine rings is 2. The molecule has 4 heterocycles. The Bertz CT molecular complexity index is 913. The molecule has 7 heteroatoms. The van der Waals surface area contributed by atoms with Crippen molar-refractivity contribution >= 4 is 16.7 Å². The molecule has 1 saturated heterocycles. The van der Waals surface area contributed by atoms with E-state index >= 15 is 0 Å². The first kappa shape index (κ1) is 15.8. The number of nitrogens with one attached hydrogen (secondary N) is 1. The first-order chi connectivity index (χ1) is 12.2. The summed E-state index contributed by atoms with van der Waals surface area (Å²) in [4.78, 5) is 21.4. The fraction of sp³-hybridized carbons (Fsp3) is 0.389. The highest BCUT2D eigenvalue weighted by Gasteiger charge is 2.21. The number of hydrogen-bond acceptors (Lipinski definition) is 6. The fourth-order valence-electron chi connectivity index (χ4n) is 3.26. The van der Waals surface area contributed by atoms with E-state index in [0.29, 0.717) is 6.42 Å². The van der Waals surface area contributed by atoms with Gasteiger partial charge in [-0.2, -0.15) is 0 Å². The number of nitrogens with zero attached hydrogens (tertiary/aromatic N) is 5. The van der Waals surface area contributed by atoms with Crippen LogP contribution >= 0.6 is 0 Å². The van der Waals surface area contributed by atoms with E-state index in [1.807, 2.05) is 25.4 Å². The Morgan fingerprint density at radius 3 is 2.84 bits per heavy atom. The van der Waals surface area contributed by atoms with Gasteiger partial charge in [-0.25, -0.2) is 0 Å². The van der Waals surface area contributed by atoms with Crippen molar-refractivity contribution in [3.05, 3.63) is 36.4 Å². The standard InChI is InChI=1S/C18H20N6O/c1-24-11-17(22-23-24)14-6-13-7-15(20-10-16(13)21-9-14)8-18(25)12-2-4-19-5-3-12/h6-7,9-12,19H,2-5,8H2,1H3. The lowest BCUT2D eigenvalue weighted by Crippen LogP contribution is -2.32. The van der Waals surface area contributed by atoms with Crippen LogP contribution in [0.3, 0.4) is 0 Å². The van der Waals surface area contributed by atoms with E-state index in [1.165, 1.54) is 0 Å². The molecule has 1 N–H and O–H groups in total. The summed E-state index contributed by atoms with van der Waals surface area (Å²) in [5.74, 6) is 0.439. The summed E-state index contributed by atoms with van der Waals surface area (Å²) in [6.45, 7) is 1.85. The molecule has 0 aliphatic carbocycles. The van der Waals surface area contributed by atoms with Gasteiger partial charge in [0.05, 0.1) is 17.9 Å². The number of carbonyl (C=O) groups excluding carboxylic acids is 1. The quantitative estimate of drug-likeness (QED) is 0.778. The zero-order valence-corrected chi connectivity index (χ0v) is 14.1. The Kier molecular flexibility index (Phi) is 4.23. The van der Waals surface area contributed by atoms with E-state index in [0.717, 1.165) is 53.8 Å². The lowest BCUT2D eigenvalue weighted by Gasteiger charge is -2.21. The summed E-state index contributed by atoms with van der Waals surface area (Å²) in [7, 11) is 1.83. The summed E-state index contributed by atoms with van der Waals surface area (Å²) in [5, 5.41) is 12.3. The minimum absolute atomic E-state index is 0.155. The predicted octanol–water partition coefficient (Wildman–Crippen LogP) is 1.54. The summed E-state index contributed by atoms with van der Waals surface area (Å²) < 4.78 is 1.66. The Labute approximate surface area is 145 Å². The summed E-state index contributed by atoms with van der Waals surface area (Å²) in [6, 6.07) is 3.98. The van der Waals surface area contributed by atoms with Gasteiger partial charge in [-0.1, -0.05) is 5.21 Å². The van der Waals surface area contributed by atoms with Crippen molar-refractivity contribution in [2.75, 3.05) is 13.1 Å². The Morgan fingerprint density at radius 1 is 1.24 bits per heavy atom. The lowest BCUT2D eigenvalue weighted by molar-refractivity contribution is -0.123. The van der Waals surface area contributed by atoms with Gasteiger partial charge in [-0.05, 0) is 38.1 Å². The maximum Gasteiger partial charge on any atom is 0.142 e. The molecule has 4 rings (SSSR count). The molecule has 7 nitrogen and oxygen atoms in total. The van der Waals surface area contributed by atoms with E-state index < -0.39 is 0 Å². The molecular weight excluding hydrogens is 316 g/mol. The van der Waals surface area contributed by atoms with Crippen molar-refractivity contribution in [1.29, 1.82) is 0 Å². The highest BCUT2D eigenvalue weighted by Crippen LogP contribution is 2.22. The molecular formula is C18H20N6O. The largest absolute Gasteiger partial charge is 0.317 e. The van der Waals surface area contributed by atoms with Gasteiger partial charge in [0.15, 0.2) is 0 Å². The molecule has 1 fully saturated rings. The lowest BCUT2D eigenvalue weighted by atomic mass is 9.91. The molecule has 1 aliphatic rings. The number of piperidine rings is 1. The number of Topliss-reactive ketones (excluding diaryl/α,β-unsaturated/α-hetero) is 1. The first-order valence-corrected chi connectivity index (χ1v) is 8.54. The van der Waals surface area contributed by atoms with Crippen LogP contribution in [0.25, 0.3) is 22.2 Å². The molecule has 0 radical (unpaired) electrons. The maximum absolute atomic E-state index is 12.5. The molecule has 3 aromatic rings. The SMILES string of the molecule is Cn1cc(-c2cnc3cnc(CC(=O)C4CCNCC4)cc3c2)nn1. The van der Waals surface area contributed by atoms with Crippen molar-refractivity contribution in [1.82, 2.24) is 30.3 Å². The van der Waals surface area contributed by atoms with Crippen LogP contribution in [-0.4, -0.2) is 43.8 Å². The Hall–Kier alpha value is -2.67. The third-order valence-corrected chi connectivity index (χ3v) is 4.67. The topological polar surface area (TPSA) is 85.6 Å². The van der Waals surface area contributed by atoms with Crippen LogP contribution in [0.5, 0.6) is 0 Å². The zero-order chi connectivity index (χ0) is 17.2. The van der Waals surface area contributed by atoms with Crippen LogP contribution in [0.4, 0.5) is 0 Å². The van der Waals surface area contributed by atoms with Crippen molar-refractivity contribution in [3.8, 4) is 11.3 Å². The third kappa shape index (κ3) is 3.41. The molecule has 0 unspecified atom stereocenters. The normalized spacial score (nSPS) is 15.6. The molecule has 128 valence electrons. The summed E-state index contributed by atoms with van der Waals surface area (Å²) >= 11 is 0. The smallest absolute Gasteiger partial charge is 0.142 e. The highest BCUT2D eigenvalue weighted by molar-refractivity contribution is 5.86. The van der Waals surface area contributed by atoms with E-state index in [-0.39, 0.29) is 11.7 Å². The minimum atomic E-state index is 0.155. The second kappa shape index (κ2) is 6.68. The van der Waals surface area contributed by atoms with Crippen LogP contribution in [0.15, 0.2) is 30.7 Å². The van der Waals surface area contributed by atoms with Gasteiger partial charge in [0.1, 0.15) is 11.5 Å². The van der Waals surface area contributed by atoms with Crippen molar-refractivity contribution in [2.24, 2.45) is 13.0 Å². The van der Waals surface area contributed by atoms with Crippen LogP contribution < -0.4 is 5.32 Å². The Balaban J connectivity index is 1.59. The van der Waals surface area contributed by atoms with E-state index in [1.54, 1.807) is 17.1 Å². The molecule has 0 amide bonds. The highest BCUT2D eigenvalue weighted by atomic mass is 16.1. The molecule has 0 spiro atoms. The maximum atomic E-state index is 12.5. The summed E-state index contributed by atoms with van der Waals surface area (Å²) in [5.41, 5.74) is 3.29. The van der Waals surface area contributed by atoms with Gasteiger partial charge in [0.2, 0.25) is 0 Å². The fourth-order valence-corrected chi connectivity index (χ4v) is 3.26. The second-order valence-electron chi connectivity index (χ2n) is 6.54. The molecule has 0 atom stereocenters. The van der Waals surface area contributed by atoms with Crippen LogP contribution in [0, 0.1) is 5.92 Å². The van der Waals surface area contributed by atoms with Crippen LogP contribution in [0.2, 0.25) is 0 Å². The van der Waals surface area contributed by atoms with Gasteiger partial charge in [-0.3, -0.25) is 19.4 Å². The van der Waals surface area contributed by atoms with Gasteiger partial charge >= 0.3 is 0 Å². The predicted molar refractivity (Wildman–Crippen MR) is 93.8 cm³/mol. The average molecular weight is 336 g/mol. The van der Waals surface area contributed by atoms with Crippen molar-refractivity contribution in [3.63, 3.8) is 0 Å². The minimum Gasteiger partial charge on any atom is -0.317 e. The molecule has 0 aromatic carbocycles. The van der Waals surface area contributed by atoms with Crippen LogP contribution in [0.1, 0.15) is 18.5 Å².